The van der Waals surface area contributed by atoms with Gasteiger partial charge < -0.3 is 9.55 Å². The van der Waals surface area contributed by atoms with Gasteiger partial charge in [0.05, 0.1) is 0 Å². The van der Waals surface area contributed by atoms with Crippen molar-refractivity contribution in [3.63, 3.8) is 0 Å². The molecule has 4 aromatic rings. The predicted octanol–water partition coefficient (Wildman–Crippen LogP) is 5.41. The van der Waals surface area contributed by atoms with Crippen LogP contribution in [0.3, 0.4) is 0 Å². The summed E-state index contributed by atoms with van der Waals surface area (Å²) >= 11 is 1.67. The fourth-order valence-electron chi connectivity index (χ4n) is 5.50. The van der Waals surface area contributed by atoms with Crippen LogP contribution in [0.25, 0.3) is 16.6 Å². The third-order valence-electron chi connectivity index (χ3n) is 7.61. The molecule has 6 rings (SSSR count). The zero-order chi connectivity index (χ0) is 24.8. The number of nitrogens with zero attached hydrogens (tertiary/aromatic N) is 5. The Hall–Kier alpha value is -2.84. The molecular weight excluding hydrogens is 468 g/mol. The van der Waals surface area contributed by atoms with E-state index in [1.54, 1.807) is 18.1 Å². The minimum Gasteiger partial charge on any atom is -0.353 e. The molecule has 2 aliphatic rings. The number of aromatic amines is 1. The third kappa shape index (κ3) is 4.64. The van der Waals surface area contributed by atoms with Crippen molar-refractivity contribution < 1.29 is 0 Å². The minimum absolute atomic E-state index is 0.0263. The van der Waals surface area contributed by atoms with Gasteiger partial charge in [-0.3, -0.25) is 14.3 Å². The van der Waals surface area contributed by atoms with Crippen LogP contribution in [0.5, 0.6) is 0 Å². The molecule has 8 heteroatoms. The number of rotatable bonds is 7. The first-order chi connectivity index (χ1) is 17.5. The summed E-state index contributed by atoms with van der Waals surface area (Å²) in [7, 11) is 1.95. The highest BCUT2D eigenvalue weighted by Crippen LogP contribution is 2.43. The lowest BCUT2D eigenvalue weighted by atomic mass is 10.0. The topological polar surface area (TPSA) is 71.7 Å². The van der Waals surface area contributed by atoms with Crippen molar-refractivity contribution in [1.29, 1.82) is 0 Å². The molecule has 36 heavy (non-hydrogen) atoms. The fraction of sp³-hybridized carbons (Fsp3) is 0.464. The fourth-order valence-corrected chi connectivity index (χ4v) is 6.40. The summed E-state index contributed by atoms with van der Waals surface area (Å²) in [5, 5.41) is 10.4. The Labute approximate surface area is 215 Å². The number of nitrogens with one attached hydrogen (secondary N) is 1. The van der Waals surface area contributed by atoms with Crippen molar-refractivity contribution in [3.8, 4) is 5.69 Å². The average Bonchev–Trinajstić information content (AvgIpc) is 3.50. The molecule has 2 fully saturated rings. The molecule has 1 unspecified atom stereocenters. The van der Waals surface area contributed by atoms with E-state index in [0.29, 0.717) is 5.92 Å². The van der Waals surface area contributed by atoms with Crippen molar-refractivity contribution in [2.24, 2.45) is 13.0 Å². The summed E-state index contributed by atoms with van der Waals surface area (Å²) in [4.78, 5) is 19.8. The number of likely N-dealkylation sites (tertiary alicyclic amines) is 1. The van der Waals surface area contributed by atoms with Gasteiger partial charge in [0.25, 0.3) is 5.56 Å². The molecule has 0 spiro atoms. The number of thioether (sulfide) groups is 1. The highest BCUT2D eigenvalue weighted by molar-refractivity contribution is 7.99. The summed E-state index contributed by atoms with van der Waals surface area (Å²) in [5.41, 5.74) is 5.29. The van der Waals surface area contributed by atoms with E-state index in [1.807, 2.05) is 28.3 Å². The average molecular weight is 503 g/mol. The lowest BCUT2D eigenvalue weighted by Crippen LogP contribution is -2.33. The summed E-state index contributed by atoms with van der Waals surface area (Å²) in [6, 6.07) is 10.6. The van der Waals surface area contributed by atoms with Gasteiger partial charge in [-0.15, -0.1) is 10.2 Å². The Morgan fingerprint density at radius 3 is 2.83 bits per heavy atom. The molecule has 4 heterocycles. The number of fused-ring (bicyclic) bond motifs is 1. The van der Waals surface area contributed by atoms with E-state index < -0.39 is 0 Å². The van der Waals surface area contributed by atoms with Crippen molar-refractivity contribution in [2.75, 3.05) is 13.1 Å². The highest BCUT2D eigenvalue weighted by atomic mass is 32.2. The number of piperidine rings is 1. The van der Waals surface area contributed by atoms with Crippen LogP contribution in [-0.4, -0.2) is 42.3 Å². The second kappa shape index (κ2) is 9.56. The molecule has 0 amide bonds. The van der Waals surface area contributed by atoms with Crippen LogP contribution in [-0.2, 0) is 13.6 Å². The molecule has 0 bridgehead atoms. The number of aryl methyl sites for hydroxylation is 1. The first-order valence-electron chi connectivity index (χ1n) is 13.1. The first-order valence-corrected chi connectivity index (χ1v) is 13.9. The Kier molecular flexibility index (Phi) is 6.25. The zero-order valence-electron chi connectivity index (χ0n) is 21.3. The standard InChI is InChI=1S/C28H34N6OS/c1-18-6-5-11-33(14-18)15-22-13-24-25(20-9-10-20)16-34(27(35)26(24)30-22)23-8-4-7-21(12-23)19(2)36-28-31-29-17-32(28)3/h4,7-8,12-13,16-20,30H,5-6,9-11,14-15H2,1-3H3/t18-,19?/m0/s1. The quantitative estimate of drug-likeness (QED) is 0.342. The smallest absolute Gasteiger partial charge is 0.279 e. The van der Waals surface area contributed by atoms with Gasteiger partial charge in [-0.1, -0.05) is 30.8 Å². The molecule has 2 atom stereocenters. The number of H-pyrrole nitrogens is 1. The van der Waals surface area contributed by atoms with E-state index in [1.165, 1.54) is 31.2 Å². The van der Waals surface area contributed by atoms with Crippen LogP contribution in [0.15, 0.2) is 52.8 Å². The van der Waals surface area contributed by atoms with Crippen LogP contribution >= 0.6 is 11.8 Å². The lowest BCUT2D eigenvalue weighted by molar-refractivity contribution is 0.175. The van der Waals surface area contributed by atoms with Crippen LogP contribution in [0.2, 0.25) is 0 Å². The largest absolute Gasteiger partial charge is 0.353 e. The molecule has 0 radical (unpaired) electrons. The lowest BCUT2D eigenvalue weighted by Gasteiger charge is -2.30. The summed E-state index contributed by atoms with van der Waals surface area (Å²) in [6.45, 7) is 7.65. The van der Waals surface area contributed by atoms with Gasteiger partial charge in [0.2, 0.25) is 0 Å². The second-order valence-electron chi connectivity index (χ2n) is 10.7. The van der Waals surface area contributed by atoms with Crippen molar-refractivity contribution in [3.05, 3.63) is 70.0 Å². The van der Waals surface area contributed by atoms with E-state index in [4.69, 9.17) is 0 Å². The number of aromatic nitrogens is 5. The van der Waals surface area contributed by atoms with Crippen LogP contribution in [0.1, 0.15) is 67.5 Å². The molecule has 188 valence electrons. The Bertz CT molecular complexity index is 1450. The van der Waals surface area contributed by atoms with Gasteiger partial charge in [-0.25, -0.2) is 0 Å². The van der Waals surface area contributed by atoms with Gasteiger partial charge in [0.1, 0.15) is 11.8 Å². The third-order valence-corrected chi connectivity index (χ3v) is 8.81. The van der Waals surface area contributed by atoms with Gasteiger partial charge >= 0.3 is 0 Å². The SMILES string of the molecule is CC(Sc1nncn1C)c1cccc(-n2cc(C3CC3)c3cc(CN4CCC[C@H](C)C4)[nH]c3c2=O)c1. The molecule has 1 saturated carbocycles. The maximum atomic E-state index is 13.8. The maximum Gasteiger partial charge on any atom is 0.279 e. The predicted molar refractivity (Wildman–Crippen MR) is 145 cm³/mol. The van der Waals surface area contributed by atoms with Crippen LogP contribution in [0.4, 0.5) is 0 Å². The number of pyridine rings is 1. The van der Waals surface area contributed by atoms with E-state index >= 15 is 0 Å². The van der Waals surface area contributed by atoms with Gasteiger partial charge in [-0.05, 0) is 80.3 Å². The molecule has 1 aromatic carbocycles. The van der Waals surface area contributed by atoms with Crippen molar-refractivity contribution >= 4 is 22.7 Å². The Balaban J connectivity index is 1.35. The molecule has 1 N–H and O–H groups in total. The normalized spacial score (nSPS) is 19.7. The molecular formula is C28H34N6OS. The molecule has 1 aliphatic heterocycles. The highest BCUT2D eigenvalue weighted by Gasteiger charge is 2.28. The first kappa shape index (κ1) is 23.6. The van der Waals surface area contributed by atoms with E-state index in [9.17, 15) is 4.79 Å². The summed E-state index contributed by atoms with van der Waals surface area (Å²) in [6.07, 6.45) is 8.78. The Morgan fingerprint density at radius 2 is 2.08 bits per heavy atom. The van der Waals surface area contributed by atoms with Crippen molar-refractivity contribution in [1.82, 2.24) is 29.2 Å². The van der Waals surface area contributed by atoms with Crippen LogP contribution in [0, 0.1) is 5.92 Å². The summed E-state index contributed by atoms with van der Waals surface area (Å²) in [5.74, 6) is 1.29. The summed E-state index contributed by atoms with van der Waals surface area (Å²) < 4.78 is 3.78. The number of benzene rings is 1. The maximum absolute atomic E-state index is 13.8. The van der Waals surface area contributed by atoms with Gasteiger partial charge in [0, 0.05) is 48.4 Å². The van der Waals surface area contributed by atoms with Crippen LogP contribution < -0.4 is 5.56 Å². The minimum atomic E-state index is 0.0263. The number of hydrogen-bond donors (Lipinski definition) is 1. The second-order valence-corrected chi connectivity index (χ2v) is 12.0. The molecule has 3 aromatic heterocycles. The van der Waals surface area contributed by atoms with Gasteiger partial charge in [0.15, 0.2) is 5.16 Å². The van der Waals surface area contributed by atoms with E-state index in [0.717, 1.165) is 58.6 Å². The molecule has 1 saturated heterocycles. The monoisotopic (exact) mass is 502 g/mol. The van der Waals surface area contributed by atoms with E-state index in [-0.39, 0.29) is 10.8 Å². The molecule has 7 nitrogen and oxygen atoms in total. The Morgan fingerprint density at radius 1 is 1.22 bits per heavy atom. The molecule has 1 aliphatic carbocycles. The van der Waals surface area contributed by atoms with Crippen molar-refractivity contribution in [2.45, 2.75) is 62.4 Å². The van der Waals surface area contributed by atoms with E-state index in [2.05, 4.69) is 58.3 Å². The number of hydrogen-bond acceptors (Lipinski definition) is 5. The van der Waals surface area contributed by atoms with Gasteiger partial charge in [-0.2, -0.15) is 0 Å². The zero-order valence-corrected chi connectivity index (χ0v) is 22.1.